The fourth-order valence-electron chi connectivity index (χ4n) is 4.46. The number of carbonyl (C=O) groups excluding carboxylic acids is 1. The van der Waals surface area contributed by atoms with Crippen molar-refractivity contribution in [3.63, 3.8) is 0 Å². The summed E-state index contributed by atoms with van der Waals surface area (Å²) in [6, 6.07) is 0.363. The van der Waals surface area contributed by atoms with Crippen LogP contribution in [-0.4, -0.2) is 27.7 Å². The first kappa shape index (κ1) is 20.0. The summed E-state index contributed by atoms with van der Waals surface area (Å²) in [6.07, 6.45) is 9.73. The molecule has 0 spiro atoms. The largest absolute Gasteiger partial charge is 0.353 e. The minimum atomic E-state index is 0.000394. The maximum Gasteiger partial charge on any atom is 0.259 e. The molecule has 2 heterocycles. The Bertz CT molecular complexity index is 897. The number of aryl methyl sites for hydroxylation is 2. The number of aromatic nitrogens is 2. The number of thiophene rings is 1. The van der Waals surface area contributed by atoms with Crippen LogP contribution >= 0.6 is 23.1 Å². The zero-order valence-electron chi connectivity index (χ0n) is 16.5. The molecule has 152 valence electrons. The van der Waals surface area contributed by atoms with Gasteiger partial charge in [-0.1, -0.05) is 13.3 Å². The van der Waals surface area contributed by atoms with E-state index in [4.69, 9.17) is 0 Å². The maximum atomic E-state index is 12.5. The van der Waals surface area contributed by atoms with Gasteiger partial charge in [-0.05, 0) is 56.4 Å². The molecule has 28 heavy (non-hydrogen) atoms. The van der Waals surface area contributed by atoms with Gasteiger partial charge in [0.2, 0.25) is 5.91 Å². The smallest absolute Gasteiger partial charge is 0.259 e. The molecule has 2 aromatic rings. The summed E-state index contributed by atoms with van der Waals surface area (Å²) in [4.78, 5) is 34.5. The third-order valence-electron chi connectivity index (χ3n) is 6.13. The lowest BCUT2D eigenvalue weighted by Crippen LogP contribution is -2.37. The van der Waals surface area contributed by atoms with Crippen LogP contribution in [0, 0.1) is 5.92 Å². The summed E-state index contributed by atoms with van der Waals surface area (Å²) in [5.41, 5.74) is 1.22. The molecule has 0 aromatic carbocycles. The van der Waals surface area contributed by atoms with Gasteiger partial charge in [0, 0.05) is 23.1 Å². The van der Waals surface area contributed by atoms with Gasteiger partial charge in [0.25, 0.3) is 5.56 Å². The van der Waals surface area contributed by atoms with Crippen molar-refractivity contribution in [2.45, 2.75) is 76.5 Å². The lowest BCUT2D eigenvalue weighted by atomic mass is 9.84. The molecule has 0 unspecified atom stereocenters. The average molecular weight is 420 g/mol. The van der Waals surface area contributed by atoms with Crippen molar-refractivity contribution in [1.29, 1.82) is 0 Å². The number of thioether (sulfide) groups is 1. The molecule has 0 saturated heterocycles. The number of hydrogen-bond acceptors (Lipinski definition) is 5. The molecule has 0 bridgehead atoms. The Morgan fingerprint density at radius 2 is 2.11 bits per heavy atom. The van der Waals surface area contributed by atoms with Crippen molar-refractivity contribution in [2.24, 2.45) is 5.92 Å². The normalized spacial score (nSPS) is 21.8. The van der Waals surface area contributed by atoms with Crippen molar-refractivity contribution in [3.8, 4) is 0 Å². The Balaban J connectivity index is 1.23. The van der Waals surface area contributed by atoms with Gasteiger partial charge in [-0.15, -0.1) is 11.3 Å². The quantitative estimate of drug-likeness (QED) is 0.660. The van der Waals surface area contributed by atoms with E-state index in [2.05, 4.69) is 22.2 Å². The highest BCUT2D eigenvalue weighted by Gasteiger charge is 2.22. The highest BCUT2D eigenvalue weighted by Crippen LogP contribution is 2.34. The zero-order chi connectivity index (χ0) is 19.5. The van der Waals surface area contributed by atoms with Crippen LogP contribution in [-0.2, 0) is 23.4 Å². The van der Waals surface area contributed by atoms with E-state index in [1.165, 1.54) is 29.7 Å². The van der Waals surface area contributed by atoms with Crippen molar-refractivity contribution >= 4 is 39.2 Å². The summed E-state index contributed by atoms with van der Waals surface area (Å²) in [5, 5.41) is 4.00. The minimum Gasteiger partial charge on any atom is -0.353 e. The van der Waals surface area contributed by atoms with Gasteiger partial charge in [-0.2, -0.15) is 11.8 Å². The van der Waals surface area contributed by atoms with Crippen LogP contribution in [0.3, 0.4) is 0 Å². The number of carbonyl (C=O) groups is 1. The molecule has 7 heteroatoms. The van der Waals surface area contributed by atoms with Crippen LogP contribution in [0.5, 0.6) is 0 Å². The van der Waals surface area contributed by atoms with E-state index in [9.17, 15) is 9.59 Å². The van der Waals surface area contributed by atoms with Crippen LogP contribution < -0.4 is 10.9 Å². The van der Waals surface area contributed by atoms with E-state index < -0.39 is 0 Å². The molecule has 1 saturated carbocycles. The van der Waals surface area contributed by atoms with Gasteiger partial charge in [0.1, 0.15) is 10.7 Å². The second-order valence-electron chi connectivity index (χ2n) is 8.05. The summed E-state index contributed by atoms with van der Waals surface area (Å²) < 4.78 is 0. The highest BCUT2D eigenvalue weighted by molar-refractivity contribution is 7.98. The molecule has 0 atom stereocenters. The average Bonchev–Trinajstić information content (AvgIpc) is 3.26. The number of nitrogens with zero attached hydrogens (tertiary/aromatic N) is 1. The van der Waals surface area contributed by atoms with Crippen molar-refractivity contribution in [3.05, 3.63) is 26.6 Å². The second kappa shape index (κ2) is 8.99. The third kappa shape index (κ3) is 4.46. The molecular formula is C21H29N3O2S2. The first-order chi connectivity index (χ1) is 13.6. The highest BCUT2D eigenvalue weighted by atomic mass is 32.2. The topological polar surface area (TPSA) is 74.8 Å². The molecule has 2 aliphatic carbocycles. The summed E-state index contributed by atoms with van der Waals surface area (Å²) >= 11 is 3.34. The van der Waals surface area contributed by atoms with E-state index in [1.807, 2.05) is 0 Å². The first-order valence-corrected chi connectivity index (χ1v) is 12.5. The van der Waals surface area contributed by atoms with Gasteiger partial charge in [-0.3, -0.25) is 9.59 Å². The van der Waals surface area contributed by atoms with E-state index in [-0.39, 0.29) is 11.5 Å². The van der Waals surface area contributed by atoms with E-state index in [1.54, 1.807) is 23.1 Å². The van der Waals surface area contributed by atoms with Gasteiger partial charge in [0.15, 0.2) is 0 Å². The number of hydrogen-bond donors (Lipinski definition) is 2. The molecule has 2 N–H and O–H groups in total. The van der Waals surface area contributed by atoms with E-state index in [0.717, 1.165) is 59.8 Å². The molecule has 1 amide bonds. The summed E-state index contributed by atoms with van der Waals surface area (Å²) in [5.74, 6) is 3.11. The lowest BCUT2D eigenvalue weighted by molar-refractivity contribution is -0.121. The standard InChI is InChI=1S/C21H29N3O2S2/c1-2-13-6-8-14(9-7-13)22-18(25)10-11-27-12-17-23-20(26)19-15-4-3-5-16(15)28-21(19)24-17/h13-14H,2-12H2,1H3,(H,22,25)(H,23,24,26). The number of aromatic amines is 1. The molecule has 0 radical (unpaired) electrons. The van der Waals surface area contributed by atoms with Gasteiger partial charge in [-0.25, -0.2) is 4.98 Å². The Hall–Kier alpha value is -1.34. The Morgan fingerprint density at radius 3 is 2.89 bits per heavy atom. The Kier molecular flexibility index (Phi) is 6.41. The molecule has 4 rings (SSSR count). The molecule has 2 aromatic heterocycles. The van der Waals surface area contributed by atoms with Crippen LogP contribution in [0.2, 0.25) is 0 Å². The van der Waals surface area contributed by atoms with Crippen LogP contribution in [0.4, 0.5) is 0 Å². The zero-order valence-corrected chi connectivity index (χ0v) is 18.1. The van der Waals surface area contributed by atoms with Gasteiger partial charge in [0.05, 0.1) is 11.1 Å². The van der Waals surface area contributed by atoms with Crippen molar-refractivity contribution in [1.82, 2.24) is 15.3 Å². The maximum absolute atomic E-state index is 12.5. The van der Waals surface area contributed by atoms with Crippen molar-refractivity contribution < 1.29 is 4.79 Å². The molecule has 1 fully saturated rings. The summed E-state index contributed by atoms with van der Waals surface area (Å²) in [7, 11) is 0. The van der Waals surface area contributed by atoms with Crippen molar-refractivity contribution in [2.75, 3.05) is 5.75 Å². The molecule has 5 nitrogen and oxygen atoms in total. The lowest BCUT2D eigenvalue weighted by Gasteiger charge is -2.28. The van der Waals surface area contributed by atoms with Gasteiger partial charge < -0.3 is 10.3 Å². The minimum absolute atomic E-state index is 0.000394. The Labute approximate surface area is 174 Å². The fraction of sp³-hybridized carbons (Fsp3) is 0.667. The van der Waals surface area contributed by atoms with E-state index in [0.29, 0.717) is 18.2 Å². The number of fused-ring (bicyclic) bond motifs is 3. The second-order valence-corrected chi connectivity index (χ2v) is 10.2. The molecule has 0 aliphatic heterocycles. The molecular weight excluding hydrogens is 390 g/mol. The van der Waals surface area contributed by atoms with Crippen LogP contribution in [0.25, 0.3) is 10.2 Å². The number of nitrogens with one attached hydrogen (secondary N) is 2. The van der Waals surface area contributed by atoms with Gasteiger partial charge >= 0.3 is 0 Å². The van der Waals surface area contributed by atoms with Crippen LogP contribution in [0.1, 0.15) is 68.1 Å². The van der Waals surface area contributed by atoms with Crippen LogP contribution in [0.15, 0.2) is 4.79 Å². The molecule has 2 aliphatic rings. The van der Waals surface area contributed by atoms with E-state index >= 15 is 0 Å². The fourth-order valence-corrected chi connectivity index (χ4v) is 6.55. The predicted molar refractivity (Wildman–Crippen MR) is 117 cm³/mol. The number of amides is 1. The number of H-pyrrole nitrogens is 1. The number of rotatable bonds is 7. The Morgan fingerprint density at radius 1 is 1.29 bits per heavy atom. The predicted octanol–water partition coefficient (Wildman–Crippen LogP) is 4.18. The third-order valence-corrected chi connectivity index (χ3v) is 8.28. The SMILES string of the molecule is CCC1CCC(NC(=O)CCSCc2nc3sc4c(c3c(=O)[nH]2)CCC4)CC1. The monoisotopic (exact) mass is 419 g/mol. The summed E-state index contributed by atoms with van der Waals surface area (Å²) in [6.45, 7) is 2.26. The first-order valence-electron chi connectivity index (χ1n) is 10.5.